The Labute approximate surface area is 138 Å². The highest BCUT2D eigenvalue weighted by Gasteiger charge is 2.20. The standard InChI is InChI=1S/C14H19NO4.C3H9N/c1-9(2)14(16)19-13(8-15)10-3-4-11-12(7-10)18-6-5-17-11;1-3-4-2/h3-4,7,9,13H,5-6,8,15H2,1-2H3;4H,3H2,1-2H3. The number of benzene rings is 1. The topological polar surface area (TPSA) is 82.8 Å². The smallest absolute Gasteiger partial charge is 0.309 e. The molecule has 0 radical (unpaired) electrons. The lowest BCUT2D eigenvalue weighted by Gasteiger charge is -2.22. The maximum atomic E-state index is 11.6. The molecule has 1 unspecified atom stereocenters. The van der Waals surface area contributed by atoms with Crippen molar-refractivity contribution in [3.05, 3.63) is 23.8 Å². The van der Waals surface area contributed by atoms with Crippen molar-refractivity contribution in [2.75, 3.05) is 33.4 Å². The monoisotopic (exact) mass is 324 g/mol. The van der Waals surface area contributed by atoms with Crippen LogP contribution < -0.4 is 20.5 Å². The Kier molecular flexibility index (Phi) is 8.43. The molecule has 6 heteroatoms. The number of nitrogens with one attached hydrogen (secondary N) is 1. The molecule has 0 saturated carbocycles. The van der Waals surface area contributed by atoms with Gasteiger partial charge in [0.05, 0.1) is 5.92 Å². The van der Waals surface area contributed by atoms with Crippen molar-refractivity contribution in [2.24, 2.45) is 11.7 Å². The average Bonchev–Trinajstić information content (AvgIpc) is 2.59. The van der Waals surface area contributed by atoms with Crippen LogP contribution in [0.15, 0.2) is 18.2 Å². The normalized spacial score (nSPS) is 13.8. The maximum absolute atomic E-state index is 11.6. The van der Waals surface area contributed by atoms with E-state index in [0.29, 0.717) is 24.7 Å². The highest BCUT2D eigenvalue weighted by molar-refractivity contribution is 5.71. The van der Waals surface area contributed by atoms with E-state index in [1.165, 1.54) is 0 Å². The SMILES string of the molecule is CC(C)C(=O)OC(CN)c1ccc2c(c1)OCCO2.CCNC. The number of fused-ring (bicyclic) bond motifs is 1. The summed E-state index contributed by atoms with van der Waals surface area (Å²) in [7, 11) is 1.93. The third kappa shape index (κ3) is 6.08. The lowest BCUT2D eigenvalue weighted by Crippen LogP contribution is -2.22. The van der Waals surface area contributed by atoms with Crippen molar-refractivity contribution in [3.8, 4) is 11.5 Å². The molecule has 1 aliphatic heterocycles. The van der Waals surface area contributed by atoms with Gasteiger partial charge in [0.15, 0.2) is 11.5 Å². The fourth-order valence-electron chi connectivity index (χ4n) is 1.79. The third-order valence-corrected chi connectivity index (χ3v) is 3.24. The molecule has 1 aromatic rings. The molecule has 0 bridgehead atoms. The summed E-state index contributed by atoms with van der Waals surface area (Å²) in [6.45, 7) is 8.03. The largest absolute Gasteiger partial charge is 0.486 e. The van der Waals surface area contributed by atoms with Crippen molar-refractivity contribution in [1.29, 1.82) is 0 Å². The van der Waals surface area contributed by atoms with Crippen LogP contribution in [0.1, 0.15) is 32.4 Å². The molecule has 6 nitrogen and oxygen atoms in total. The van der Waals surface area contributed by atoms with Gasteiger partial charge in [0.1, 0.15) is 19.3 Å². The van der Waals surface area contributed by atoms with Gasteiger partial charge < -0.3 is 25.3 Å². The predicted molar refractivity (Wildman–Crippen MR) is 89.8 cm³/mol. The highest BCUT2D eigenvalue weighted by atomic mass is 16.6. The van der Waals surface area contributed by atoms with Crippen molar-refractivity contribution < 1.29 is 19.0 Å². The van der Waals surface area contributed by atoms with Gasteiger partial charge in [-0.2, -0.15) is 0 Å². The lowest BCUT2D eigenvalue weighted by molar-refractivity contribution is -0.152. The molecular weight excluding hydrogens is 296 g/mol. The minimum Gasteiger partial charge on any atom is -0.486 e. The zero-order valence-electron chi connectivity index (χ0n) is 14.4. The Hall–Kier alpha value is -1.79. The van der Waals surface area contributed by atoms with Crippen LogP contribution in [0.25, 0.3) is 0 Å². The molecule has 3 N–H and O–H groups in total. The predicted octanol–water partition coefficient (Wildman–Crippen LogP) is 1.88. The summed E-state index contributed by atoms with van der Waals surface area (Å²) < 4.78 is 16.3. The summed E-state index contributed by atoms with van der Waals surface area (Å²) in [5.74, 6) is 0.945. The van der Waals surface area contributed by atoms with E-state index in [1.807, 2.05) is 25.2 Å². The van der Waals surface area contributed by atoms with E-state index in [-0.39, 0.29) is 18.4 Å². The summed E-state index contributed by atoms with van der Waals surface area (Å²) in [6, 6.07) is 5.48. The first kappa shape index (κ1) is 19.3. The van der Waals surface area contributed by atoms with Gasteiger partial charge in [-0.05, 0) is 31.3 Å². The number of carbonyl (C=O) groups is 1. The van der Waals surface area contributed by atoms with E-state index in [2.05, 4.69) is 12.2 Å². The summed E-state index contributed by atoms with van der Waals surface area (Å²) in [5, 5.41) is 2.93. The quantitative estimate of drug-likeness (QED) is 0.805. The molecule has 0 aliphatic carbocycles. The summed E-state index contributed by atoms with van der Waals surface area (Å²) in [4.78, 5) is 11.6. The number of nitrogens with two attached hydrogens (primary N) is 1. The molecule has 0 amide bonds. The Morgan fingerprint density at radius 2 is 1.91 bits per heavy atom. The van der Waals surface area contributed by atoms with E-state index in [4.69, 9.17) is 19.9 Å². The molecule has 1 atom stereocenters. The summed E-state index contributed by atoms with van der Waals surface area (Å²) in [5.41, 5.74) is 6.50. The van der Waals surface area contributed by atoms with Gasteiger partial charge in [0.25, 0.3) is 0 Å². The maximum Gasteiger partial charge on any atom is 0.309 e. The van der Waals surface area contributed by atoms with Gasteiger partial charge in [0.2, 0.25) is 0 Å². The number of esters is 1. The highest BCUT2D eigenvalue weighted by Crippen LogP contribution is 2.33. The van der Waals surface area contributed by atoms with Gasteiger partial charge in [0, 0.05) is 6.54 Å². The van der Waals surface area contributed by atoms with Gasteiger partial charge in [-0.15, -0.1) is 0 Å². The summed E-state index contributed by atoms with van der Waals surface area (Å²) in [6.07, 6.45) is -0.453. The number of hydrogen-bond donors (Lipinski definition) is 2. The molecule has 1 aromatic carbocycles. The Morgan fingerprint density at radius 1 is 1.30 bits per heavy atom. The molecule has 1 heterocycles. The second-order valence-electron chi connectivity index (χ2n) is 5.43. The number of ether oxygens (including phenoxy) is 3. The summed E-state index contributed by atoms with van der Waals surface area (Å²) >= 11 is 0. The zero-order valence-corrected chi connectivity index (χ0v) is 14.4. The second kappa shape index (κ2) is 10.1. The van der Waals surface area contributed by atoms with Crippen LogP contribution in [0.5, 0.6) is 11.5 Å². The molecule has 1 aliphatic rings. The van der Waals surface area contributed by atoms with Crippen molar-refractivity contribution >= 4 is 5.97 Å². The average molecular weight is 324 g/mol. The Morgan fingerprint density at radius 3 is 2.43 bits per heavy atom. The van der Waals surface area contributed by atoms with Crippen LogP contribution in [0.4, 0.5) is 0 Å². The number of rotatable bonds is 5. The molecule has 2 rings (SSSR count). The van der Waals surface area contributed by atoms with Gasteiger partial charge in [-0.25, -0.2) is 0 Å². The van der Waals surface area contributed by atoms with Crippen LogP contribution >= 0.6 is 0 Å². The minimum absolute atomic E-state index is 0.175. The van der Waals surface area contributed by atoms with Crippen LogP contribution in [-0.2, 0) is 9.53 Å². The Balaban J connectivity index is 0.000000593. The molecule has 0 spiro atoms. The molecule has 130 valence electrons. The first-order chi connectivity index (χ1) is 11.0. The van der Waals surface area contributed by atoms with E-state index >= 15 is 0 Å². The fraction of sp³-hybridized carbons (Fsp3) is 0.588. The number of hydrogen-bond acceptors (Lipinski definition) is 6. The molecule has 0 fully saturated rings. The van der Waals surface area contributed by atoms with Crippen molar-refractivity contribution in [1.82, 2.24) is 5.32 Å². The van der Waals surface area contributed by atoms with E-state index < -0.39 is 6.10 Å². The van der Waals surface area contributed by atoms with Crippen LogP contribution in [0.3, 0.4) is 0 Å². The van der Waals surface area contributed by atoms with E-state index in [1.54, 1.807) is 13.8 Å². The van der Waals surface area contributed by atoms with Gasteiger partial charge in [-0.1, -0.05) is 26.8 Å². The van der Waals surface area contributed by atoms with Gasteiger partial charge >= 0.3 is 5.97 Å². The molecule has 23 heavy (non-hydrogen) atoms. The van der Waals surface area contributed by atoms with Crippen LogP contribution in [0, 0.1) is 5.92 Å². The molecule has 0 saturated heterocycles. The first-order valence-electron chi connectivity index (χ1n) is 7.98. The molecule has 0 aromatic heterocycles. The lowest BCUT2D eigenvalue weighted by atomic mass is 10.1. The van der Waals surface area contributed by atoms with Crippen LogP contribution in [0.2, 0.25) is 0 Å². The minimum atomic E-state index is -0.453. The zero-order chi connectivity index (χ0) is 17.2. The van der Waals surface area contributed by atoms with Gasteiger partial charge in [-0.3, -0.25) is 4.79 Å². The third-order valence-electron chi connectivity index (χ3n) is 3.24. The van der Waals surface area contributed by atoms with E-state index in [9.17, 15) is 4.79 Å². The first-order valence-corrected chi connectivity index (χ1v) is 7.98. The van der Waals surface area contributed by atoms with Crippen molar-refractivity contribution in [2.45, 2.75) is 26.9 Å². The molecular formula is C17H28N2O4. The fourth-order valence-corrected chi connectivity index (χ4v) is 1.79. The second-order valence-corrected chi connectivity index (χ2v) is 5.43. The van der Waals surface area contributed by atoms with Crippen LogP contribution in [-0.4, -0.2) is 39.3 Å². The van der Waals surface area contributed by atoms with Crippen molar-refractivity contribution in [3.63, 3.8) is 0 Å². The Bertz CT molecular complexity index is 489. The van der Waals surface area contributed by atoms with E-state index in [0.717, 1.165) is 12.1 Å². The number of carbonyl (C=O) groups excluding carboxylic acids is 1.